The van der Waals surface area contributed by atoms with Gasteiger partial charge < -0.3 is 15.4 Å². The van der Waals surface area contributed by atoms with Gasteiger partial charge in [-0.25, -0.2) is 0 Å². The van der Waals surface area contributed by atoms with Gasteiger partial charge in [0.25, 0.3) is 5.91 Å². The standard InChI is InChI=1S/C30H26ClN3O4/c1-16-14-18(31)15-21-25(16)33-28(37)30(21)29(20-6-3-4-7-22(20)32-27(29)36)24(23-8-5-13-34(23)30)26(35)17-9-11-19(38-2)12-10-17/h3-4,6-7,9-12,14-15,23-24H,5,8,13H2,1-2H3,(H,32,36)(H,33,37). The maximum atomic E-state index is 14.6. The molecule has 8 heteroatoms. The molecule has 0 aliphatic carbocycles. The van der Waals surface area contributed by atoms with Gasteiger partial charge >= 0.3 is 0 Å². The number of aryl methyl sites for hydroxylation is 1. The number of halogens is 1. The number of carbonyl (C=O) groups excluding carboxylic acids is 3. The van der Waals surface area contributed by atoms with Crippen molar-refractivity contribution < 1.29 is 19.1 Å². The average Bonchev–Trinajstić information content (AvgIpc) is 3.63. The van der Waals surface area contributed by atoms with E-state index in [1.165, 1.54) is 0 Å². The van der Waals surface area contributed by atoms with Crippen LogP contribution in [0.1, 0.15) is 39.9 Å². The Labute approximate surface area is 225 Å². The number of ketones is 1. The van der Waals surface area contributed by atoms with Crippen LogP contribution in [-0.2, 0) is 20.5 Å². The topological polar surface area (TPSA) is 87.7 Å². The number of rotatable bonds is 3. The minimum atomic E-state index is -1.49. The first-order valence-corrected chi connectivity index (χ1v) is 13.2. The van der Waals surface area contributed by atoms with E-state index in [-0.39, 0.29) is 23.6 Å². The normalized spacial score (nSPS) is 28.8. The molecule has 7 nitrogen and oxygen atoms in total. The fraction of sp³-hybridized carbons (Fsp3) is 0.300. The van der Waals surface area contributed by atoms with E-state index < -0.39 is 16.9 Å². The fourth-order valence-corrected chi connectivity index (χ4v) is 8.02. The Morgan fingerprint density at radius 3 is 2.55 bits per heavy atom. The molecular formula is C30H26ClN3O4. The van der Waals surface area contributed by atoms with Crippen LogP contribution in [0.15, 0.2) is 60.7 Å². The molecule has 2 fully saturated rings. The number of para-hydroxylation sites is 1. The molecule has 3 aromatic rings. The van der Waals surface area contributed by atoms with Crippen LogP contribution in [0, 0.1) is 12.8 Å². The second kappa shape index (κ2) is 7.91. The monoisotopic (exact) mass is 527 g/mol. The molecule has 2 N–H and O–H groups in total. The minimum Gasteiger partial charge on any atom is -0.497 e. The lowest BCUT2D eigenvalue weighted by molar-refractivity contribution is -0.137. The zero-order valence-electron chi connectivity index (χ0n) is 21.0. The molecule has 4 heterocycles. The molecule has 4 aliphatic heterocycles. The summed E-state index contributed by atoms with van der Waals surface area (Å²) in [5.74, 6) is -0.937. The van der Waals surface area contributed by atoms with E-state index in [1.807, 2.05) is 37.3 Å². The van der Waals surface area contributed by atoms with Crippen molar-refractivity contribution >= 4 is 40.6 Å². The number of carbonyl (C=O) groups is 3. The molecule has 38 heavy (non-hydrogen) atoms. The summed E-state index contributed by atoms with van der Waals surface area (Å²) in [7, 11) is 1.58. The molecule has 0 saturated carbocycles. The Bertz CT molecular complexity index is 1550. The van der Waals surface area contributed by atoms with E-state index in [9.17, 15) is 14.4 Å². The Morgan fingerprint density at radius 1 is 1.03 bits per heavy atom. The number of amides is 2. The summed E-state index contributed by atoms with van der Waals surface area (Å²) in [6.45, 7) is 2.49. The second-order valence-electron chi connectivity index (χ2n) is 10.6. The van der Waals surface area contributed by atoms with E-state index in [4.69, 9.17) is 16.3 Å². The molecule has 0 radical (unpaired) electrons. The molecule has 4 aliphatic rings. The molecule has 2 amide bonds. The average molecular weight is 528 g/mol. The van der Waals surface area contributed by atoms with Gasteiger partial charge in [-0.2, -0.15) is 0 Å². The van der Waals surface area contributed by atoms with Crippen LogP contribution in [0.3, 0.4) is 0 Å². The van der Waals surface area contributed by atoms with Crippen molar-refractivity contribution in [2.75, 3.05) is 24.3 Å². The maximum absolute atomic E-state index is 14.6. The zero-order chi connectivity index (χ0) is 26.4. The summed E-state index contributed by atoms with van der Waals surface area (Å²) in [6, 6.07) is 17.7. The van der Waals surface area contributed by atoms with Crippen LogP contribution in [0.2, 0.25) is 5.02 Å². The number of hydrogen-bond donors (Lipinski definition) is 2. The SMILES string of the molecule is COc1ccc(C(=O)C2C3CCCN3C3(C(=O)Nc4c(C)cc(Cl)cc43)C23C(=O)Nc2ccccc23)cc1. The highest BCUT2D eigenvalue weighted by atomic mass is 35.5. The molecule has 4 atom stereocenters. The fourth-order valence-electron chi connectivity index (χ4n) is 7.75. The summed E-state index contributed by atoms with van der Waals surface area (Å²) in [4.78, 5) is 45.7. The van der Waals surface area contributed by atoms with Crippen LogP contribution >= 0.6 is 11.6 Å². The number of benzene rings is 3. The molecule has 7 rings (SSSR count). The summed E-state index contributed by atoms with van der Waals surface area (Å²) < 4.78 is 5.30. The zero-order valence-corrected chi connectivity index (χ0v) is 21.8. The van der Waals surface area contributed by atoms with E-state index in [2.05, 4.69) is 15.5 Å². The van der Waals surface area contributed by atoms with Crippen LogP contribution in [-0.4, -0.2) is 42.2 Å². The molecular weight excluding hydrogens is 502 g/mol. The molecule has 0 bridgehead atoms. The summed E-state index contributed by atoms with van der Waals surface area (Å²) in [6.07, 6.45) is 1.52. The smallest absolute Gasteiger partial charge is 0.251 e. The lowest BCUT2D eigenvalue weighted by Crippen LogP contribution is -2.62. The molecule has 2 saturated heterocycles. The lowest BCUT2D eigenvalue weighted by atomic mass is 9.57. The van der Waals surface area contributed by atoms with Crippen LogP contribution in [0.25, 0.3) is 0 Å². The molecule has 2 spiro atoms. The highest BCUT2D eigenvalue weighted by Gasteiger charge is 2.81. The third kappa shape index (κ3) is 2.60. The molecule has 4 unspecified atom stereocenters. The van der Waals surface area contributed by atoms with Gasteiger partial charge in [-0.1, -0.05) is 29.8 Å². The Morgan fingerprint density at radius 2 is 1.79 bits per heavy atom. The van der Waals surface area contributed by atoms with E-state index >= 15 is 0 Å². The lowest BCUT2D eigenvalue weighted by Gasteiger charge is -2.43. The molecule has 192 valence electrons. The largest absolute Gasteiger partial charge is 0.497 e. The van der Waals surface area contributed by atoms with Crippen molar-refractivity contribution in [3.63, 3.8) is 0 Å². The van der Waals surface area contributed by atoms with Gasteiger partial charge in [-0.15, -0.1) is 0 Å². The number of Topliss-reactive ketones (excluding diaryl/α,β-unsaturated/α-hetero) is 1. The van der Waals surface area contributed by atoms with Gasteiger partial charge in [0.2, 0.25) is 5.91 Å². The Hall–Kier alpha value is -3.68. The van der Waals surface area contributed by atoms with Crippen molar-refractivity contribution in [2.45, 2.75) is 36.8 Å². The minimum absolute atomic E-state index is 0.159. The number of nitrogens with zero attached hydrogens (tertiary/aromatic N) is 1. The molecule has 0 aromatic heterocycles. The van der Waals surface area contributed by atoms with Crippen molar-refractivity contribution in [2.24, 2.45) is 5.92 Å². The highest BCUT2D eigenvalue weighted by molar-refractivity contribution is 6.31. The number of anilines is 2. The Kier molecular flexibility index (Phi) is 4.88. The van der Waals surface area contributed by atoms with Gasteiger partial charge in [0.15, 0.2) is 5.78 Å². The summed E-state index contributed by atoms with van der Waals surface area (Å²) >= 11 is 6.60. The summed E-state index contributed by atoms with van der Waals surface area (Å²) in [5, 5.41) is 6.65. The van der Waals surface area contributed by atoms with Crippen molar-refractivity contribution in [3.8, 4) is 5.75 Å². The van der Waals surface area contributed by atoms with Gasteiger partial charge in [-0.3, -0.25) is 19.3 Å². The van der Waals surface area contributed by atoms with E-state index in [0.29, 0.717) is 51.8 Å². The van der Waals surface area contributed by atoms with E-state index in [1.54, 1.807) is 37.4 Å². The maximum Gasteiger partial charge on any atom is 0.251 e. The number of ether oxygens (including phenoxy) is 1. The van der Waals surface area contributed by atoms with Crippen LogP contribution in [0.5, 0.6) is 5.75 Å². The van der Waals surface area contributed by atoms with Gasteiger partial charge in [0.05, 0.1) is 13.0 Å². The van der Waals surface area contributed by atoms with Gasteiger partial charge in [0.1, 0.15) is 16.7 Å². The third-order valence-electron chi connectivity index (χ3n) is 9.02. The number of nitrogens with one attached hydrogen (secondary N) is 2. The van der Waals surface area contributed by atoms with Gasteiger partial charge in [0, 0.05) is 33.6 Å². The third-order valence-corrected chi connectivity index (χ3v) is 9.24. The predicted octanol–water partition coefficient (Wildman–Crippen LogP) is 4.67. The van der Waals surface area contributed by atoms with Crippen molar-refractivity contribution in [3.05, 3.63) is 87.9 Å². The van der Waals surface area contributed by atoms with Crippen LogP contribution in [0.4, 0.5) is 11.4 Å². The van der Waals surface area contributed by atoms with E-state index in [0.717, 1.165) is 12.0 Å². The Balaban J connectivity index is 1.57. The number of fused-ring (bicyclic) bond motifs is 7. The first kappa shape index (κ1) is 23.4. The summed E-state index contributed by atoms with van der Waals surface area (Å²) in [5.41, 5.74) is 1.02. The predicted molar refractivity (Wildman–Crippen MR) is 144 cm³/mol. The van der Waals surface area contributed by atoms with Crippen molar-refractivity contribution in [1.82, 2.24) is 4.90 Å². The van der Waals surface area contributed by atoms with Crippen molar-refractivity contribution in [1.29, 1.82) is 0 Å². The first-order valence-electron chi connectivity index (χ1n) is 12.8. The number of methoxy groups -OCH3 is 1. The van der Waals surface area contributed by atoms with Crippen LogP contribution < -0.4 is 15.4 Å². The quantitative estimate of drug-likeness (QED) is 0.483. The second-order valence-corrected chi connectivity index (χ2v) is 11.0. The first-order chi connectivity index (χ1) is 18.3. The van der Waals surface area contributed by atoms with Gasteiger partial charge in [-0.05, 0) is 79.9 Å². The number of hydrogen-bond acceptors (Lipinski definition) is 5. The highest BCUT2D eigenvalue weighted by Crippen LogP contribution is 2.68. The molecule has 3 aromatic carbocycles.